The molecule has 144 valence electrons. The van der Waals surface area contributed by atoms with Gasteiger partial charge in [-0.15, -0.1) is 11.3 Å². The monoisotopic (exact) mass is 393 g/mol. The van der Waals surface area contributed by atoms with E-state index in [4.69, 9.17) is 10.1 Å². The molecule has 0 unspecified atom stereocenters. The van der Waals surface area contributed by atoms with Gasteiger partial charge in [0.25, 0.3) is 0 Å². The highest BCUT2D eigenvalue weighted by molar-refractivity contribution is 7.10. The first-order chi connectivity index (χ1) is 13.8. The van der Waals surface area contributed by atoms with Crippen LogP contribution in [0.1, 0.15) is 29.0 Å². The van der Waals surface area contributed by atoms with Gasteiger partial charge in [0.05, 0.1) is 5.69 Å². The first kappa shape index (κ1) is 17.4. The highest BCUT2D eigenvalue weighted by atomic mass is 32.1. The van der Waals surface area contributed by atoms with Gasteiger partial charge < -0.3 is 9.80 Å². The number of anilines is 1. The molecule has 4 heterocycles. The summed E-state index contributed by atoms with van der Waals surface area (Å²) < 4.78 is 2.00. The third-order valence-electron chi connectivity index (χ3n) is 5.62. The number of carbonyl (C=O) groups is 1. The summed E-state index contributed by atoms with van der Waals surface area (Å²) in [6, 6.07) is 4.02. The minimum absolute atomic E-state index is 0.0842. The third-order valence-corrected chi connectivity index (χ3v) is 6.46. The Balaban J connectivity index is 1.32. The molecule has 1 aliphatic heterocycles. The molecule has 3 aromatic heterocycles. The average Bonchev–Trinajstić information content (AvgIpc) is 3.39. The molecule has 28 heavy (non-hydrogen) atoms. The van der Waals surface area contributed by atoms with Gasteiger partial charge in [0.1, 0.15) is 5.52 Å². The second-order valence-corrected chi connectivity index (χ2v) is 8.32. The summed E-state index contributed by atoms with van der Waals surface area (Å²) in [5.41, 5.74) is 3.76. The van der Waals surface area contributed by atoms with Crippen LogP contribution in [0.4, 0.5) is 5.82 Å². The molecule has 3 aromatic rings. The SMILES string of the molecule is O=C(/C=C/c1cccs1)N1CCN(c2nccn3nc4c(c23)CCCC4)CC1. The topological polar surface area (TPSA) is 53.7 Å². The lowest BCUT2D eigenvalue weighted by atomic mass is 9.97. The van der Waals surface area contributed by atoms with E-state index in [-0.39, 0.29) is 5.91 Å². The molecule has 0 N–H and O–H groups in total. The van der Waals surface area contributed by atoms with E-state index in [2.05, 4.69) is 4.90 Å². The van der Waals surface area contributed by atoms with E-state index in [1.165, 1.54) is 24.1 Å². The number of aryl methyl sites for hydroxylation is 2. The van der Waals surface area contributed by atoms with Crippen molar-refractivity contribution < 1.29 is 4.79 Å². The van der Waals surface area contributed by atoms with E-state index in [1.807, 2.05) is 45.4 Å². The third kappa shape index (κ3) is 3.20. The summed E-state index contributed by atoms with van der Waals surface area (Å²) in [5, 5.41) is 6.80. The summed E-state index contributed by atoms with van der Waals surface area (Å²) in [6.45, 7) is 3.02. The Bertz CT molecular complexity index is 1020. The molecule has 1 saturated heterocycles. The fraction of sp³-hybridized carbons (Fsp3) is 0.381. The number of hydrogen-bond donors (Lipinski definition) is 0. The maximum absolute atomic E-state index is 12.5. The van der Waals surface area contributed by atoms with Crippen molar-refractivity contribution in [2.45, 2.75) is 25.7 Å². The number of fused-ring (bicyclic) bond motifs is 3. The quantitative estimate of drug-likeness (QED) is 0.642. The van der Waals surface area contributed by atoms with Crippen LogP contribution in [0.15, 0.2) is 36.0 Å². The number of rotatable bonds is 3. The summed E-state index contributed by atoms with van der Waals surface area (Å²) in [5.74, 6) is 1.10. The van der Waals surface area contributed by atoms with Crippen LogP contribution in [0, 0.1) is 0 Å². The van der Waals surface area contributed by atoms with Crippen LogP contribution in [0.3, 0.4) is 0 Å². The Labute approximate surface area is 168 Å². The highest BCUT2D eigenvalue weighted by Crippen LogP contribution is 2.30. The molecular weight excluding hydrogens is 370 g/mol. The first-order valence-electron chi connectivity index (χ1n) is 9.90. The van der Waals surface area contributed by atoms with Crippen molar-refractivity contribution in [1.82, 2.24) is 19.5 Å². The van der Waals surface area contributed by atoms with E-state index in [0.717, 1.165) is 42.1 Å². The number of carbonyl (C=O) groups excluding carboxylic acids is 1. The maximum Gasteiger partial charge on any atom is 0.246 e. The van der Waals surface area contributed by atoms with Crippen LogP contribution in [0.2, 0.25) is 0 Å². The lowest BCUT2D eigenvalue weighted by Crippen LogP contribution is -2.48. The Morgan fingerprint density at radius 3 is 2.82 bits per heavy atom. The standard InChI is InChI=1S/C21H23N5OS/c27-19(8-7-16-4-3-15-28-16)24-11-13-25(14-12-24)21-20-17-5-1-2-6-18(17)23-26(20)10-9-22-21/h3-4,7-10,15H,1-2,5-6,11-14H2/b8-7+. The maximum atomic E-state index is 12.5. The Hall–Kier alpha value is -2.67. The smallest absolute Gasteiger partial charge is 0.246 e. The fourth-order valence-electron chi connectivity index (χ4n) is 4.16. The predicted octanol–water partition coefficient (Wildman–Crippen LogP) is 3.03. The second kappa shape index (κ2) is 7.39. The number of thiophene rings is 1. The van der Waals surface area contributed by atoms with Crippen LogP contribution in [0.25, 0.3) is 11.6 Å². The molecule has 1 aliphatic carbocycles. The molecule has 0 radical (unpaired) electrons. The van der Waals surface area contributed by atoms with Crippen LogP contribution in [0.5, 0.6) is 0 Å². The molecule has 0 bridgehead atoms. The number of amides is 1. The van der Waals surface area contributed by atoms with Crippen molar-refractivity contribution in [1.29, 1.82) is 0 Å². The largest absolute Gasteiger partial charge is 0.351 e. The van der Waals surface area contributed by atoms with Gasteiger partial charge in [-0.05, 0) is 43.2 Å². The zero-order chi connectivity index (χ0) is 18.9. The molecule has 1 amide bonds. The Morgan fingerprint density at radius 1 is 1.14 bits per heavy atom. The van der Waals surface area contributed by atoms with Gasteiger partial charge in [-0.2, -0.15) is 5.10 Å². The van der Waals surface area contributed by atoms with Gasteiger partial charge in [0, 0.05) is 55.1 Å². The van der Waals surface area contributed by atoms with E-state index in [0.29, 0.717) is 13.1 Å². The Morgan fingerprint density at radius 2 is 2.00 bits per heavy atom. The molecule has 0 aromatic carbocycles. The van der Waals surface area contributed by atoms with Gasteiger partial charge in [-0.1, -0.05) is 6.07 Å². The van der Waals surface area contributed by atoms with Crippen LogP contribution < -0.4 is 4.90 Å². The Kier molecular flexibility index (Phi) is 4.60. The van der Waals surface area contributed by atoms with E-state index in [9.17, 15) is 4.79 Å². The van der Waals surface area contributed by atoms with E-state index < -0.39 is 0 Å². The van der Waals surface area contributed by atoms with Crippen LogP contribution in [-0.2, 0) is 17.6 Å². The average molecular weight is 394 g/mol. The van der Waals surface area contributed by atoms with Crippen LogP contribution >= 0.6 is 11.3 Å². The molecular formula is C21H23N5OS. The van der Waals surface area contributed by atoms with Gasteiger partial charge in [0.2, 0.25) is 5.91 Å². The molecule has 6 nitrogen and oxygen atoms in total. The summed E-state index contributed by atoms with van der Waals surface area (Å²) in [6.07, 6.45) is 12.0. The molecule has 0 atom stereocenters. The van der Waals surface area contributed by atoms with Crippen molar-refractivity contribution in [3.05, 3.63) is 52.1 Å². The van der Waals surface area contributed by atoms with Gasteiger partial charge >= 0.3 is 0 Å². The number of nitrogens with zero attached hydrogens (tertiary/aromatic N) is 5. The molecule has 0 saturated carbocycles. The normalized spacial score (nSPS) is 17.4. The minimum Gasteiger partial charge on any atom is -0.351 e. The predicted molar refractivity (Wildman–Crippen MR) is 112 cm³/mol. The minimum atomic E-state index is 0.0842. The lowest BCUT2D eigenvalue weighted by Gasteiger charge is -2.35. The van der Waals surface area contributed by atoms with Gasteiger partial charge in [-0.25, -0.2) is 9.50 Å². The summed E-state index contributed by atoms with van der Waals surface area (Å²) in [7, 11) is 0. The number of piperazine rings is 1. The summed E-state index contributed by atoms with van der Waals surface area (Å²) >= 11 is 1.64. The van der Waals surface area contributed by atoms with Gasteiger partial charge in [-0.3, -0.25) is 4.79 Å². The van der Waals surface area contributed by atoms with E-state index in [1.54, 1.807) is 17.4 Å². The van der Waals surface area contributed by atoms with Crippen molar-refractivity contribution in [2.24, 2.45) is 0 Å². The molecule has 5 rings (SSSR count). The number of aromatic nitrogens is 3. The van der Waals surface area contributed by atoms with Gasteiger partial charge in [0.15, 0.2) is 5.82 Å². The fourth-order valence-corrected chi connectivity index (χ4v) is 4.78. The van der Waals surface area contributed by atoms with E-state index >= 15 is 0 Å². The van der Waals surface area contributed by atoms with Crippen LogP contribution in [-0.4, -0.2) is 51.6 Å². The number of hydrogen-bond acceptors (Lipinski definition) is 5. The zero-order valence-corrected chi connectivity index (χ0v) is 16.6. The first-order valence-corrected chi connectivity index (χ1v) is 10.8. The van der Waals surface area contributed by atoms with Crippen molar-refractivity contribution >= 4 is 34.7 Å². The molecule has 2 aliphatic rings. The molecule has 1 fully saturated rings. The molecule has 7 heteroatoms. The highest BCUT2D eigenvalue weighted by Gasteiger charge is 2.25. The van der Waals surface area contributed by atoms with Crippen molar-refractivity contribution in [3.63, 3.8) is 0 Å². The second-order valence-electron chi connectivity index (χ2n) is 7.34. The zero-order valence-electron chi connectivity index (χ0n) is 15.8. The summed E-state index contributed by atoms with van der Waals surface area (Å²) in [4.78, 5) is 22.5. The van der Waals surface area contributed by atoms with Crippen molar-refractivity contribution in [2.75, 3.05) is 31.1 Å². The van der Waals surface area contributed by atoms with Crippen molar-refractivity contribution in [3.8, 4) is 0 Å². The lowest BCUT2D eigenvalue weighted by molar-refractivity contribution is -0.126. The molecule has 0 spiro atoms.